The maximum atomic E-state index is 4.62. The summed E-state index contributed by atoms with van der Waals surface area (Å²) in [6, 6.07) is 79.9. The van der Waals surface area contributed by atoms with Gasteiger partial charge in [0.15, 0.2) is 0 Å². The van der Waals surface area contributed by atoms with Crippen LogP contribution in [0, 0.1) is 0 Å². The van der Waals surface area contributed by atoms with E-state index in [4.69, 9.17) is 0 Å². The molecule has 17 aromatic rings. The molecule has 0 bridgehead atoms. The van der Waals surface area contributed by atoms with Crippen molar-refractivity contribution in [1.29, 1.82) is 0 Å². The lowest BCUT2D eigenvalue weighted by Gasteiger charge is -2.18. The number of aromatic amines is 2. The second-order valence-electron chi connectivity index (χ2n) is 21.2. The van der Waals surface area contributed by atoms with Crippen LogP contribution in [0.5, 0.6) is 0 Å². The predicted molar refractivity (Wildman–Crippen MR) is 328 cm³/mol. The molecule has 17 rings (SSSR count). The van der Waals surface area contributed by atoms with Crippen molar-refractivity contribution in [3.05, 3.63) is 241 Å². The van der Waals surface area contributed by atoms with E-state index in [0.717, 1.165) is 34.6 Å². The van der Waals surface area contributed by atoms with Crippen molar-refractivity contribution < 1.29 is 0 Å². The number of rotatable bonds is 7. The van der Waals surface area contributed by atoms with E-state index >= 15 is 0 Å². The highest BCUT2D eigenvalue weighted by Gasteiger charge is 2.21. The molecule has 0 aliphatic carbocycles. The number of aromatic nitrogens is 2. The SMILES string of the molecule is C=C(/C=c1/ccc2cccc3ccc(CC)c1c32)c1c[nH]c(-c2ccc3ccc4c(-c5ccc(-c6ccc7ccc8c(-c9ccc%10ccc%11cccc%12ccc9c%10c%11%12)ccc9ccc6c7c98)[nH]5)ccc5ccc2c3c54)c1. The molecule has 2 heteroatoms. The van der Waals surface area contributed by atoms with E-state index in [0.29, 0.717) is 0 Å². The minimum Gasteiger partial charge on any atom is -0.361 e. The van der Waals surface area contributed by atoms with Crippen LogP contribution in [-0.4, -0.2) is 9.97 Å². The van der Waals surface area contributed by atoms with Crippen LogP contribution in [0.4, 0.5) is 0 Å². The minimum absolute atomic E-state index is 0.976. The first-order valence-electron chi connectivity index (χ1n) is 26.6. The van der Waals surface area contributed by atoms with E-state index < -0.39 is 0 Å². The van der Waals surface area contributed by atoms with Gasteiger partial charge in [-0.2, -0.15) is 0 Å². The molecule has 0 unspecified atom stereocenters. The molecule has 15 aromatic carbocycles. The number of hydrogen-bond acceptors (Lipinski definition) is 0. The van der Waals surface area contributed by atoms with Crippen LogP contribution >= 0.6 is 0 Å². The van der Waals surface area contributed by atoms with Gasteiger partial charge in [-0.25, -0.2) is 0 Å². The first kappa shape index (κ1) is 41.7. The van der Waals surface area contributed by atoms with Gasteiger partial charge in [-0.3, -0.25) is 0 Å². The molecule has 352 valence electrons. The van der Waals surface area contributed by atoms with E-state index in [1.54, 1.807) is 0 Å². The summed E-state index contributed by atoms with van der Waals surface area (Å²) >= 11 is 0. The van der Waals surface area contributed by atoms with Crippen molar-refractivity contribution in [2.24, 2.45) is 0 Å². The molecule has 2 N–H and O–H groups in total. The Morgan fingerprint density at radius 1 is 0.355 bits per heavy atom. The normalized spacial score (nSPS) is 12.7. The monoisotopic (exact) mass is 962 g/mol. The molecule has 2 aromatic heterocycles. The number of aryl methyl sites for hydroxylation is 1. The van der Waals surface area contributed by atoms with Crippen molar-refractivity contribution >= 4 is 130 Å². The summed E-state index contributed by atoms with van der Waals surface area (Å²) in [5.74, 6) is 0. The molecule has 0 saturated carbocycles. The van der Waals surface area contributed by atoms with Gasteiger partial charge in [0.05, 0.1) is 0 Å². The van der Waals surface area contributed by atoms with Crippen molar-refractivity contribution in [2.45, 2.75) is 13.3 Å². The van der Waals surface area contributed by atoms with Crippen LogP contribution in [0.3, 0.4) is 0 Å². The highest BCUT2D eigenvalue weighted by atomic mass is 14.7. The molecular formula is C74H46N2. The Labute approximate surface area is 437 Å². The third kappa shape index (κ3) is 5.76. The summed E-state index contributed by atoms with van der Waals surface area (Å²) in [6.07, 6.45) is 5.35. The van der Waals surface area contributed by atoms with E-state index in [1.807, 2.05) is 0 Å². The zero-order valence-corrected chi connectivity index (χ0v) is 41.8. The minimum atomic E-state index is 0.976. The van der Waals surface area contributed by atoms with Crippen molar-refractivity contribution in [1.82, 2.24) is 9.97 Å². The highest BCUT2D eigenvalue weighted by Crippen LogP contribution is 2.47. The van der Waals surface area contributed by atoms with Gasteiger partial charge >= 0.3 is 0 Å². The van der Waals surface area contributed by atoms with Crippen LogP contribution < -0.4 is 5.22 Å². The topological polar surface area (TPSA) is 31.6 Å². The number of nitrogens with one attached hydrogen (secondary N) is 2. The molecule has 2 heterocycles. The molecule has 0 saturated heterocycles. The summed E-state index contributed by atoms with van der Waals surface area (Å²) in [4.78, 5) is 7.62. The van der Waals surface area contributed by atoms with Crippen LogP contribution in [-0.2, 0) is 6.42 Å². The molecule has 76 heavy (non-hydrogen) atoms. The maximum Gasteiger partial charge on any atom is 0.0466 e. The van der Waals surface area contributed by atoms with Gasteiger partial charge in [0.2, 0.25) is 0 Å². The lowest BCUT2D eigenvalue weighted by atomic mass is 9.85. The lowest BCUT2D eigenvalue weighted by Crippen LogP contribution is -2.05. The summed E-state index contributed by atoms with van der Waals surface area (Å²) < 4.78 is 0. The third-order valence-corrected chi connectivity index (χ3v) is 17.4. The number of allylic oxidation sites excluding steroid dienone is 1. The fourth-order valence-corrected chi connectivity index (χ4v) is 13.8. The number of H-pyrrole nitrogens is 2. The van der Waals surface area contributed by atoms with E-state index in [-0.39, 0.29) is 0 Å². The average molecular weight is 963 g/mol. The molecular weight excluding hydrogens is 917 g/mol. The molecule has 0 spiro atoms. The highest BCUT2D eigenvalue weighted by molar-refractivity contribution is 6.31. The lowest BCUT2D eigenvalue weighted by molar-refractivity contribution is 1.16. The fraction of sp³-hybridized carbons (Fsp3) is 0.0270. The average Bonchev–Trinajstić information content (AvgIpc) is 4.25. The molecule has 0 radical (unpaired) electrons. The van der Waals surface area contributed by atoms with Crippen molar-refractivity contribution in [3.8, 4) is 44.9 Å². The van der Waals surface area contributed by atoms with Gasteiger partial charge in [-0.05, 0) is 182 Å². The molecule has 0 fully saturated rings. The zero-order chi connectivity index (χ0) is 49.9. The smallest absolute Gasteiger partial charge is 0.0466 e. The van der Waals surface area contributed by atoms with E-state index in [2.05, 4.69) is 248 Å². The Morgan fingerprint density at radius 2 is 0.711 bits per heavy atom. The van der Waals surface area contributed by atoms with Gasteiger partial charge in [-0.15, -0.1) is 0 Å². The van der Waals surface area contributed by atoms with Gasteiger partial charge in [-0.1, -0.05) is 208 Å². The first-order valence-corrected chi connectivity index (χ1v) is 26.6. The predicted octanol–water partition coefficient (Wildman–Crippen LogP) is 19.8. The summed E-state index contributed by atoms with van der Waals surface area (Å²) in [6.45, 7) is 6.87. The summed E-state index contributed by atoms with van der Waals surface area (Å²) in [7, 11) is 0. The molecule has 0 amide bonds. The number of benzene rings is 15. The molecule has 2 nitrogen and oxygen atoms in total. The second-order valence-corrected chi connectivity index (χ2v) is 21.2. The van der Waals surface area contributed by atoms with Gasteiger partial charge in [0.25, 0.3) is 0 Å². The van der Waals surface area contributed by atoms with E-state index in [9.17, 15) is 0 Å². The Bertz CT molecular complexity index is 5320. The quantitative estimate of drug-likeness (QED) is 0.149. The molecule has 0 atom stereocenters. The Balaban J connectivity index is 0.753. The van der Waals surface area contributed by atoms with Crippen LogP contribution in [0.1, 0.15) is 18.1 Å². The third-order valence-electron chi connectivity index (χ3n) is 17.4. The van der Waals surface area contributed by atoms with Gasteiger partial charge in [0, 0.05) is 40.0 Å². The largest absolute Gasteiger partial charge is 0.361 e. The maximum absolute atomic E-state index is 4.62. The molecule has 0 aliphatic heterocycles. The zero-order valence-electron chi connectivity index (χ0n) is 41.8. The van der Waals surface area contributed by atoms with Crippen molar-refractivity contribution in [2.75, 3.05) is 0 Å². The number of hydrogen-bond donors (Lipinski definition) is 2. The summed E-state index contributed by atoms with van der Waals surface area (Å²) in [5, 5.41) is 29.5. The molecule has 0 aliphatic rings. The Morgan fingerprint density at radius 3 is 1.18 bits per heavy atom. The Kier molecular flexibility index (Phi) is 8.44. The van der Waals surface area contributed by atoms with Gasteiger partial charge in [0.1, 0.15) is 0 Å². The summed E-state index contributed by atoms with van der Waals surface area (Å²) in [5.41, 5.74) is 12.9. The van der Waals surface area contributed by atoms with Crippen LogP contribution in [0.15, 0.2) is 225 Å². The standard InChI is InChI=1S/C74H46N2/c1-3-42-10-11-43-6-4-7-44-14-15-52(67(42)68(43)44)38-41(2)53-39-66(75-40-53)58-30-20-51-24-34-62-57(29-19-50-25-35-63(58)74(51)73(50)62)65-37-36-64(76-65)56-28-18-49-22-32-60-55(27-17-48-23-33-61(56)72(49)71(48)60)54-26-16-47-13-12-45-8-5-9-46-21-31-59(54)70(47)69(45)46/h4-40,75-76H,2-3H2,1H3/b52-38-. The second kappa shape index (κ2) is 15.4. The van der Waals surface area contributed by atoms with Crippen molar-refractivity contribution in [3.63, 3.8) is 0 Å². The first-order chi connectivity index (χ1) is 37.5. The van der Waals surface area contributed by atoms with Gasteiger partial charge < -0.3 is 9.97 Å². The van der Waals surface area contributed by atoms with Crippen LogP contribution in [0.2, 0.25) is 0 Å². The Hall–Kier alpha value is -9.76. The fourth-order valence-electron chi connectivity index (χ4n) is 13.8. The van der Waals surface area contributed by atoms with Crippen LogP contribution in [0.25, 0.3) is 175 Å². The van der Waals surface area contributed by atoms with E-state index in [1.165, 1.54) is 157 Å².